The molecule has 4 heterocycles. The van der Waals surface area contributed by atoms with E-state index in [1.165, 1.54) is 23.1 Å². The number of rotatable bonds is 6. The van der Waals surface area contributed by atoms with E-state index in [0.717, 1.165) is 21.2 Å². The predicted molar refractivity (Wildman–Crippen MR) is 118 cm³/mol. The lowest BCUT2D eigenvalue weighted by Crippen LogP contribution is -2.13. The monoisotopic (exact) mass is 457 g/mol. The lowest BCUT2D eigenvalue weighted by atomic mass is 10.1. The van der Waals surface area contributed by atoms with E-state index in [0.29, 0.717) is 33.2 Å². The highest BCUT2D eigenvalue weighted by molar-refractivity contribution is 8.01. The standard InChI is InChI=1S/C20H19N5O4S2/c1-8-5-12(11(4)28-8)14-6-13(16-9(2)25-29-18(16)23-14)17(27)24-20-22-10(3)19(31-20)30-7-15(21)26/h5-6H,7H2,1-4H3,(H2,21,26)(H,22,24,27). The molecule has 11 heteroatoms. The van der Waals surface area contributed by atoms with E-state index in [2.05, 4.69) is 20.4 Å². The Hall–Kier alpha value is -3.18. The Labute approximate surface area is 185 Å². The van der Waals surface area contributed by atoms with E-state index in [1.54, 1.807) is 13.0 Å². The van der Waals surface area contributed by atoms with Gasteiger partial charge in [-0.25, -0.2) is 9.97 Å². The first-order valence-electron chi connectivity index (χ1n) is 9.27. The maximum Gasteiger partial charge on any atom is 0.259 e. The summed E-state index contributed by atoms with van der Waals surface area (Å²) in [5.41, 5.74) is 8.46. The molecule has 0 radical (unpaired) electrons. The molecule has 0 aliphatic carbocycles. The topological polar surface area (TPSA) is 137 Å². The number of nitrogens with two attached hydrogens (primary N) is 1. The Kier molecular flexibility index (Phi) is 5.54. The highest BCUT2D eigenvalue weighted by atomic mass is 32.2. The number of aromatic nitrogens is 3. The number of carbonyl (C=O) groups excluding carboxylic acids is 2. The summed E-state index contributed by atoms with van der Waals surface area (Å²) in [5.74, 6) is 0.807. The van der Waals surface area contributed by atoms with Crippen LogP contribution in [0.5, 0.6) is 0 Å². The van der Waals surface area contributed by atoms with Crippen molar-refractivity contribution in [2.45, 2.75) is 31.9 Å². The Morgan fingerprint density at radius 1 is 1.16 bits per heavy atom. The number of thioether (sulfide) groups is 1. The zero-order chi connectivity index (χ0) is 22.3. The number of carbonyl (C=O) groups is 2. The van der Waals surface area contributed by atoms with Gasteiger partial charge in [0.25, 0.3) is 11.6 Å². The number of fused-ring (bicyclic) bond motifs is 1. The third-order valence-corrected chi connectivity index (χ3v) is 6.96. The van der Waals surface area contributed by atoms with Crippen LogP contribution in [0, 0.1) is 27.7 Å². The normalized spacial score (nSPS) is 11.2. The fraction of sp³-hybridized carbons (Fsp3) is 0.250. The average Bonchev–Trinajstić information content (AvgIpc) is 3.36. The molecule has 0 saturated carbocycles. The van der Waals surface area contributed by atoms with Crippen LogP contribution in [-0.2, 0) is 4.79 Å². The molecule has 2 amide bonds. The molecule has 0 fully saturated rings. The van der Waals surface area contributed by atoms with Crippen LogP contribution in [0.3, 0.4) is 0 Å². The van der Waals surface area contributed by atoms with Crippen molar-refractivity contribution in [3.63, 3.8) is 0 Å². The van der Waals surface area contributed by atoms with E-state index in [9.17, 15) is 9.59 Å². The van der Waals surface area contributed by atoms with E-state index >= 15 is 0 Å². The van der Waals surface area contributed by atoms with Gasteiger partial charge in [0.05, 0.1) is 38.0 Å². The molecule has 0 aliphatic rings. The van der Waals surface area contributed by atoms with E-state index in [1.807, 2.05) is 26.8 Å². The number of hydrogen-bond acceptors (Lipinski definition) is 9. The van der Waals surface area contributed by atoms with Gasteiger partial charge in [-0.1, -0.05) is 16.5 Å². The third kappa shape index (κ3) is 4.19. The summed E-state index contributed by atoms with van der Waals surface area (Å²) in [6.07, 6.45) is 0. The van der Waals surface area contributed by atoms with Gasteiger partial charge in [0.15, 0.2) is 5.13 Å². The van der Waals surface area contributed by atoms with Gasteiger partial charge in [0.2, 0.25) is 5.91 Å². The minimum Gasteiger partial charge on any atom is -0.466 e. The van der Waals surface area contributed by atoms with Crippen LogP contribution in [0.4, 0.5) is 5.13 Å². The second kappa shape index (κ2) is 8.16. The highest BCUT2D eigenvalue weighted by Gasteiger charge is 2.22. The molecule has 0 saturated heterocycles. The number of hydrogen-bond donors (Lipinski definition) is 2. The van der Waals surface area contributed by atoms with Gasteiger partial charge in [-0.2, -0.15) is 0 Å². The first-order valence-corrected chi connectivity index (χ1v) is 11.1. The minimum atomic E-state index is -0.414. The predicted octanol–water partition coefficient (Wildman–Crippen LogP) is 4.00. The number of nitrogens with one attached hydrogen (secondary N) is 1. The number of primary amides is 1. The SMILES string of the molecule is Cc1cc(-c2cc(C(=O)Nc3nc(C)c(SCC(N)=O)s3)c3c(C)noc3n2)c(C)o1. The maximum absolute atomic E-state index is 13.2. The number of nitrogens with zero attached hydrogens (tertiary/aromatic N) is 3. The number of pyridine rings is 1. The molecule has 0 unspecified atom stereocenters. The van der Waals surface area contributed by atoms with Crippen molar-refractivity contribution < 1.29 is 18.5 Å². The molecule has 0 spiro atoms. The number of thiazole rings is 1. The third-order valence-electron chi connectivity index (χ3n) is 4.50. The van der Waals surface area contributed by atoms with Gasteiger partial charge in [-0.05, 0) is 39.8 Å². The molecule has 160 valence electrons. The van der Waals surface area contributed by atoms with Gasteiger partial charge in [-0.3, -0.25) is 14.9 Å². The van der Waals surface area contributed by atoms with Gasteiger partial charge < -0.3 is 14.7 Å². The molecule has 3 N–H and O–H groups in total. The Morgan fingerprint density at radius 3 is 2.61 bits per heavy atom. The van der Waals surface area contributed by atoms with Crippen LogP contribution in [0.2, 0.25) is 0 Å². The van der Waals surface area contributed by atoms with Gasteiger partial charge >= 0.3 is 0 Å². The molecule has 0 aliphatic heterocycles. The fourth-order valence-electron chi connectivity index (χ4n) is 3.17. The van der Waals surface area contributed by atoms with Crippen LogP contribution in [0.1, 0.15) is 33.3 Å². The van der Waals surface area contributed by atoms with Crippen molar-refractivity contribution in [2.75, 3.05) is 11.1 Å². The number of furan rings is 1. The molecule has 0 bridgehead atoms. The van der Waals surface area contributed by atoms with Crippen LogP contribution in [0.25, 0.3) is 22.4 Å². The van der Waals surface area contributed by atoms with Crippen molar-refractivity contribution >= 4 is 51.1 Å². The molecule has 9 nitrogen and oxygen atoms in total. The Balaban J connectivity index is 1.71. The summed E-state index contributed by atoms with van der Waals surface area (Å²) in [6, 6.07) is 3.56. The van der Waals surface area contributed by atoms with Crippen LogP contribution < -0.4 is 11.1 Å². The van der Waals surface area contributed by atoms with Crippen LogP contribution in [0.15, 0.2) is 25.3 Å². The Bertz CT molecular complexity index is 1320. The van der Waals surface area contributed by atoms with Crippen molar-refractivity contribution in [2.24, 2.45) is 5.73 Å². The summed E-state index contributed by atoms with van der Waals surface area (Å²) >= 11 is 2.58. The summed E-state index contributed by atoms with van der Waals surface area (Å²) in [6.45, 7) is 7.25. The number of aryl methyl sites for hydroxylation is 4. The highest BCUT2D eigenvalue weighted by Crippen LogP contribution is 2.34. The minimum absolute atomic E-state index is 0.147. The van der Waals surface area contributed by atoms with Gasteiger partial charge in [0, 0.05) is 5.56 Å². The largest absolute Gasteiger partial charge is 0.466 e. The smallest absolute Gasteiger partial charge is 0.259 e. The van der Waals surface area contributed by atoms with E-state index < -0.39 is 5.91 Å². The summed E-state index contributed by atoms with van der Waals surface area (Å²) < 4.78 is 11.8. The second-order valence-electron chi connectivity index (χ2n) is 6.93. The number of amides is 2. The molecular formula is C20H19N5O4S2. The fourth-order valence-corrected chi connectivity index (χ4v) is 5.04. The van der Waals surface area contributed by atoms with E-state index in [-0.39, 0.29) is 17.4 Å². The molecule has 0 aromatic carbocycles. The van der Waals surface area contributed by atoms with Crippen molar-refractivity contribution in [1.82, 2.24) is 15.1 Å². The molecule has 4 aromatic rings. The first kappa shape index (κ1) is 21.1. The Morgan fingerprint density at radius 2 is 1.94 bits per heavy atom. The summed E-state index contributed by atoms with van der Waals surface area (Å²) in [7, 11) is 0. The molecule has 31 heavy (non-hydrogen) atoms. The van der Waals surface area contributed by atoms with Crippen molar-refractivity contribution in [3.05, 3.63) is 40.6 Å². The molecular weight excluding hydrogens is 438 g/mol. The molecule has 0 atom stereocenters. The molecule has 4 aromatic heterocycles. The summed E-state index contributed by atoms with van der Waals surface area (Å²) in [5, 5.41) is 7.76. The van der Waals surface area contributed by atoms with E-state index in [4.69, 9.17) is 14.7 Å². The summed E-state index contributed by atoms with van der Waals surface area (Å²) in [4.78, 5) is 33.1. The lowest BCUT2D eigenvalue weighted by Gasteiger charge is -2.06. The molecule has 4 rings (SSSR count). The quantitative estimate of drug-likeness (QED) is 0.414. The maximum atomic E-state index is 13.2. The average molecular weight is 458 g/mol. The second-order valence-corrected chi connectivity index (χ2v) is 9.17. The van der Waals surface area contributed by atoms with Gasteiger partial charge in [-0.15, -0.1) is 11.8 Å². The lowest BCUT2D eigenvalue weighted by molar-refractivity contribution is -0.115. The zero-order valence-corrected chi connectivity index (χ0v) is 18.9. The van der Waals surface area contributed by atoms with Crippen LogP contribution >= 0.6 is 23.1 Å². The zero-order valence-electron chi connectivity index (χ0n) is 17.2. The number of anilines is 1. The van der Waals surface area contributed by atoms with Crippen molar-refractivity contribution in [1.29, 1.82) is 0 Å². The van der Waals surface area contributed by atoms with Gasteiger partial charge in [0.1, 0.15) is 11.5 Å². The first-order chi connectivity index (χ1) is 14.7. The van der Waals surface area contributed by atoms with Crippen LogP contribution in [-0.4, -0.2) is 32.7 Å². The van der Waals surface area contributed by atoms with Crippen molar-refractivity contribution in [3.8, 4) is 11.3 Å².